The number of nitrogens with two attached hydrogens (primary N) is 1. The van der Waals surface area contributed by atoms with Gasteiger partial charge < -0.3 is 15.2 Å². The molecule has 0 radical (unpaired) electrons. The summed E-state index contributed by atoms with van der Waals surface area (Å²) in [6.07, 6.45) is 4.69. The minimum atomic E-state index is -0.123. The van der Waals surface area contributed by atoms with E-state index >= 15 is 0 Å². The fourth-order valence-electron chi connectivity index (χ4n) is 4.39. The van der Waals surface area contributed by atoms with Crippen molar-refractivity contribution in [1.82, 2.24) is 14.9 Å². The van der Waals surface area contributed by atoms with Gasteiger partial charge in [-0.25, -0.2) is 9.97 Å². The van der Waals surface area contributed by atoms with Crippen molar-refractivity contribution in [3.63, 3.8) is 0 Å². The first kappa shape index (κ1) is 23.7. The van der Waals surface area contributed by atoms with Gasteiger partial charge in [0.1, 0.15) is 5.75 Å². The van der Waals surface area contributed by atoms with Crippen molar-refractivity contribution < 1.29 is 14.3 Å². The molecule has 4 rings (SSSR count). The molecule has 1 aliphatic rings. The van der Waals surface area contributed by atoms with Gasteiger partial charge in [0.15, 0.2) is 5.82 Å². The molecule has 34 heavy (non-hydrogen) atoms. The lowest BCUT2D eigenvalue weighted by molar-refractivity contribution is -0.151. The van der Waals surface area contributed by atoms with Crippen LogP contribution >= 0.6 is 0 Å². The second kappa shape index (κ2) is 10.2. The summed E-state index contributed by atoms with van der Waals surface area (Å²) in [6, 6.07) is 12.0. The van der Waals surface area contributed by atoms with Gasteiger partial charge in [-0.15, -0.1) is 0 Å². The smallest absolute Gasteiger partial charge is 0.311 e. The van der Waals surface area contributed by atoms with Crippen molar-refractivity contribution in [2.24, 2.45) is 5.92 Å². The van der Waals surface area contributed by atoms with Crippen molar-refractivity contribution >= 4 is 11.7 Å². The van der Waals surface area contributed by atoms with Crippen molar-refractivity contribution in [3.8, 4) is 28.3 Å². The second-order valence-electron chi connectivity index (χ2n) is 8.93. The number of ether oxygens (including phenoxy) is 2. The summed E-state index contributed by atoms with van der Waals surface area (Å²) in [4.78, 5) is 23.2. The number of likely N-dealkylation sites (tertiary alicyclic amines) is 1. The zero-order valence-electron chi connectivity index (χ0n) is 20.2. The summed E-state index contributed by atoms with van der Waals surface area (Å²) in [5.41, 5.74) is 12.2. The van der Waals surface area contributed by atoms with Gasteiger partial charge in [-0.05, 0) is 55.2 Å². The van der Waals surface area contributed by atoms with Crippen LogP contribution in [-0.2, 0) is 22.5 Å². The lowest BCUT2D eigenvalue weighted by Crippen LogP contribution is -2.50. The fraction of sp³-hybridized carbons (Fsp3) is 0.370. The van der Waals surface area contributed by atoms with Crippen LogP contribution in [-0.4, -0.2) is 47.1 Å². The average molecular weight is 461 g/mol. The Hall–Kier alpha value is -3.45. The highest BCUT2D eigenvalue weighted by Gasteiger charge is 2.33. The predicted octanol–water partition coefficient (Wildman–Crippen LogP) is 4.35. The molecule has 3 aromatic rings. The van der Waals surface area contributed by atoms with E-state index in [1.807, 2.05) is 44.4 Å². The molecule has 1 aliphatic heterocycles. The molecule has 2 N–H and O–H groups in total. The maximum atomic E-state index is 11.7. The van der Waals surface area contributed by atoms with Gasteiger partial charge >= 0.3 is 5.97 Å². The molecular weight excluding hydrogens is 428 g/mol. The molecular formula is C27H32N4O3. The number of nitrogen functional groups attached to an aromatic ring is 1. The Morgan fingerprint density at radius 2 is 1.88 bits per heavy atom. The molecule has 1 aromatic heterocycles. The molecule has 2 aromatic carbocycles. The summed E-state index contributed by atoms with van der Waals surface area (Å²) in [6.45, 7) is 8.39. The Kier molecular flexibility index (Phi) is 7.12. The van der Waals surface area contributed by atoms with Crippen LogP contribution in [0.4, 0.5) is 5.69 Å². The summed E-state index contributed by atoms with van der Waals surface area (Å²) >= 11 is 0. The number of aromatic nitrogens is 2. The average Bonchev–Trinajstić information content (AvgIpc) is 2.81. The summed E-state index contributed by atoms with van der Waals surface area (Å²) < 4.78 is 10.6. The summed E-state index contributed by atoms with van der Waals surface area (Å²) in [5.74, 6) is 1.15. The molecule has 0 amide bonds. The van der Waals surface area contributed by atoms with Crippen LogP contribution in [0.5, 0.6) is 5.75 Å². The highest BCUT2D eigenvalue weighted by Crippen LogP contribution is 2.31. The van der Waals surface area contributed by atoms with Crippen LogP contribution in [0.2, 0.25) is 0 Å². The second-order valence-corrected chi connectivity index (χ2v) is 8.93. The quantitative estimate of drug-likeness (QED) is 0.395. The highest BCUT2D eigenvalue weighted by atomic mass is 16.5. The molecule has 178 valence electrons. The minimum Gasteiger partial charge on any atom is -0.489 e. The standard InChI is InChI=1S/C27H32N4O3/c1-5-22-19(14-31-15-21(16-31)27(32)33-4)7-6-8-23(22)20-12-29-26(30-13-20)18-9-10-25(24(28)11-18)34-17(2)3/h6-13,17,21H,5,14-16,28H2,1-4H3. The van der Waals surface area contributed by atoms with Crippen LogP contribution in [0.25, 0.3) is 22.5 Å². The van der Waals surface area contributed by atoms with Gasteiger partial charge in [0.05, 0.1) is 24.8 Å². The molecule has 0 unspecified atom stereocenters. The number of hydrogen-bond donors (Lipinski definition) is 1. The van der Waals surface area contributed by atoms with E-state index in [9.17, 15) is 4.79 Å². The van der Waals surface area contributed by atoms with E-state index in [-0.39, 0.29) is 18.0 Å². The van der Waals surface area contributed by atoms with Crippen molar-refractivity contribution in [2.45, 2.75) is 39.8 Å². The van der Waals surface area contributed by atoms with E-state index in [0.717, 1.165) is 42.7 Å². The molecule has 0 bridgehead atoms. The third-order valence-electron chi connectivity index (χ3n) is 6.11. The molecule has 0 saturated carbocycles. The number of anilines is 1. The monoisotopic (exact) mass is 460 g/mol. The maximum Gasteiger partial charge on any atom is 0.311 e. The van der Waals surface area contributed by atoms with E-state index in [0.29, 0.717) is 17.3 Å². The third kappa shape index (κ3) is 5.04. The van der Waals surface area contributed by atoms with Crippen LogP contribution in [0.1, 0.15) is 31.9 Å². The number of nitrogens with zero attached hydrogens (tertiary/aromatic N) is 3. The lowest BCUT2D eigenvalue weighted by Gasteiger charge is -2.37. The SMILES string of the molecule is CCc1c(CN2CC(C(=O)OC)C2)cccc1-c1cnc(-c2ccc(OC(C)C)c(N)c2)nc1. The van der Waals surface area contributed by atoms with Gasteiger partial charge in [-0.3, -0.25) is 9.69 Å². The van der Waals surface area contributed by atoms with Crippen LogP contribution < -0.4 is 10.5 Å². The third-order valence-corrected chi connectivity index (χ3v) is 6.11. The summed E-state index contributed by atoms with van der Waals surface area (Å²) in [5, 5.41) is 0. The van der Waals surface area contributed by atoms with Crippen molar-refractivity contribution in [3.05, 3.63) is 59.9 Å². The number of carbonyl (C=O) groups excluding carboxylic acids is 1. The molecule has 1 fully saturated rings. The zero-order valence-corrected chi connectivity index (χ0v) is 20.2. The van der Waals surface area contributed by atoms with Crippen molar-refractivity contribution in [1.29, 1.82) is 0 Å². The van der Waals surface area contributed by atoms with Crippen LogP contribution in [0, 0.1) is 5.92 Å². The van der Waals surface area contributed by atoms with Crippen molar-refractivity contribution in [2.75, 3.05) is 25.9 Å². The van der Waals surface area contributed by atoms with Crippen LogP contribution in [0.3, 0.4) is 0 Å². The molecule has 2 heterocycles. The normalized spacial score (nSPS) is 14.1. The van der Waals surface area contributed by atoms with Gasteiger partial charge in [0, 0.05) is 43.2 Å². The number of hydrogen-bond acceptors (Lipinski definition) is 7. The van der Waals surface area contributed by atoms with Crippen LogP contribution in [0.15, 0.2) is 48.8 Å². The molecule has 0 spiro atoms. The Morgan fingerprint density at radius 3 is 2.50 bits per heavy atom. The summed E-state index contributed by atoms with van der Waals surface area (Å²) in [7, 11) is 1.45. The first-order chi connectivity index (χ1) is 16.4. The molecule has 0 aliphatic carbocycles. The van der Waals surface area contributed by atoms with E-state index in [1.54, 1.807) is 0 Å². The Bertz CT molecular complexity index is 1160. The Morgan fingerprint density at radius 1 is 1.15 bits per heavy atom. The van der Waals surface area contributed by atoms with E-state index in [1.165, 1.54) is 18.2 Å². The van der Waals surface area contributed by atoms with Gasteiger partial charge in [-0.1, -0.05) is 25.1 Å². The van der Waals surface area contributed by atoms with Gasteiger partial charge in [0.25, 0.3) is 0 Å². The topological polar surface area (TPSA) is 90.6 Å². The highest BCUT2D eigenvalue weighted by molar-refractivity contribution is 5.74. The maximum absolute atomic E-state index is 11.7. The number of methoxy groups -OCH3 is 1. The van der Waals surface area contributed by atoms with Gasteiger partial charge in [-0.2, -0.15) is 0 Å². The van der Waals surface area contributed by atoms with E-state index < -0.39 is 0 Å². The predicted molar refractivity (Wildman–Crippen MR) is 133 cm³/mol. The number of esters is 1. The van der Waals surface area contributed by atoms with E-state index in [4.69, 9.17) is 15.2 Å². The first-order valence-electron chi connectivity index (χ1n) is 11.7. The molecule has 0 atom stereocenters. The lowest BCUT2D eigenvalue weighted by atomic mass is 9.93. The molecule has 7 nitrogen and oxygen atoms in total. The minimum absolute atomic E-state index is 0.0146. The number of carbonyl (C=O) groups is 1. The zero-order chi connectivity index (χ0) is 24.2. The Labute approximate surface area is 200 Å². The van der Waals surface area contributed by atoms with E-state index in [2.05, 4.69) is 40.0 Å². The number of benzene rings is 2. The molecule has 1 saturated heterocycles. The largest absolute Gasteiger partial charge is 0.489 e. The Balaban J connectivity index is 1.52. The first-order valence-corrected chi connectivity index (χ1v) is 11.7. The fourth-order valence-corrected chi connectivity index (χ4v) is 4.39. The number of rotatable bonds is 8. The van der Waals surface area contributed by atoms with Gasteiger partial charge in [0.2, 0.25) is 0 Å². The molecule has 7 heteroatoms.